The summed E-state index contributed by atoms with van der Waals surface area (Å²) in [7, 11) is 0. The predicted molar refractivity (Wildman–Crippen MR) is 59.0 cm³/mol. The van der Waals surface area contributed by atoms with Crippen LogP contribution in [0.2, 0.25) is 0 Å². The van der Waals surface area contributed by atoms with Crippen molar-refractivity contribution in [1.82, 2.24) is 0 Å². The molecule has 0 saturated heterocycles. The SMILES string of the molecule is Cc1cccc2c1OC(C)(C)CCN2. The fourth-order valence-corrected chi connectivity index (χ4v) is 1.75. The second-order valence-electron chi connectivity index (χ2n) is 4.49. The van der Waals surface area contributed by atoms with Crippen LogP contribution in [0.3, 0.4) is 0 Å². The van der Waals surface area contributed by atoms with E-state index in [0.29, 0.717) is 0 Å². The summed E-state index contributed by atoms with van der Waals surface area (Å²) in [6, 6.07) is 6.22. The van der Waals surface area contributed by atoms with Crippen molar-refractivity contribution in [3.8, 4) is 5.75 Å². The van der Waals surface area contributed by atoms with Crippen molar-refractivity contribution in [3.63, 3.8) is 0 Å². The molecule has 1 aromatic rings. The molecule has 0 bridgehead atoms. The van der Waals surface area contributed by atoms with E-state index in [4.69, 9.17) is 4.74 Å². The highest BCUT2D eigenvalue weighted by atomic mass is 16.5. The summed E-state index contributed by atoms with van der Waals surface area (Å²) in [5, 5.41) is 3.40. The molecular weight excluding hydrogens is 174 g/mol. The van der Waals surface area contributed by atoms with Crippen molar-refractivity contribution >= 4 is 5.69 Å². The van der Waals surface area contributed by atoms with E-state index in [0.717, 1.165) is 24.4 Å². The minimum atomic E-state index is -0.0651. The largest absolute Gasteiger partial charge is 0.485 e. The van der Waals surface area contributed by atoms with Crippen LogP contribution in [0.15, 0.2) is 18.2 Å². The number of ether oxygens (including phenoxy) is 1. The second kappa shape index (κ2) is 3.19. The molecule has 14 heavy (non-hydrogen) atoms. The monoisotopic (exact) mass is 191 g/mol. The van der Waals surface area contributed by atoms with Gasteiger partial charge >= 0.3 is 0 Å². The fourth-order valence-electron chi connectivity index (χ4n) is 1.75. The van der Waals surface area contributed by atoms with E-state index in [1.165, 1.54) is 5.56 Å². The maximum atomic E-state index is 6.01. The molecule has 1 heterocycles. The molecule has 1 aliphatic rings. The van der Waals surface area contributed by atoms with Gasteiger partial charge in [0, 0.05) is 13.0 Å². The van der Waals surface area contributed by atoms with Crippen LogP contribution >= 0.6 is 0 Å². The highest BCUT2D eigenvalue weighted by Gasteiger charge is 2.24. The van der Waals surface area contributed by atoms with Gasteiger partial charge in [-0.25, -0.2) is 0 Å². The van der Waals surface area contributed by atoms with Crippen LogP contribution in [0.25, 0.3) is 0 Å². The summed E-state index contributed by atoms with van der Waals surface area (Å²) < 4.78 is 6.01. The molecule has 0 unspecified atom stereocenters. The maximum absolute atomic E-state index is 6.01. The molecule has 0 saturated carbocycles. The Hall–Kier alpha value is -1.18. The third-order valence-electron chi connectivity index (χ3n) is 2.63. The lowest BCUT2D eigenvalue weighted by Crippen LogP contribution is -2.28. The smallest absolute Gasteiger partial charge is 0.146 e. The molecule has 0 spiro atoms. The van der Waals surface area contributed by atoms with Crippen LogP contribution in [-0.4, -0.2) is 12.1 Å². The molecule has 0 aromatic heterocycles. The number of nitrogens with one attached hydrogen (secondary N) is 1. The van der Waals surface area contributed by atoms with E-state index in [9.17, 15) is 0 Å². The summed E-state index contributed by atoms with van der Waals surface area (Å²) in [6.45, 7) is 7.33. The first-order valence-corrected chi connectivity index (χ1v) is 5.11. The van der Waals surface area contributed by atoms with E-state index in [1.807, 2.05) is 0 Å². The summed E-state index contributed by atoms with van der Waals surface area (Å²) in [4.78, 5) is 0. The van der Waals surface area contributed by atoms with E-state index < -0.39 is 0 Å². The number of anilines is 1. The van der Waals surface area contributed by atoms with Crippen molar-refractivity contribution in [3.05, 3.63) is 23.8 Å². The van der Waals surface area contributed by atoms with Crippen LogP contribution in [0.4, 0.5) is 5.69 Å². The third-order valence-corrected chi connectivity index (χ3v) is 2.63. The number of para-hydroxylation sites is 1. The maximum Gasteiger partial charge on any atom is 0.146 e. The lowest BCUT2D eigenvalue weighted by molar-refractivity contribution is 0.108. The Balaban J connectivity index is 2.43. The Morgan fingerprint density at radius 2 is 2.14 bits per heavy atom. The Kier molecular flexibility index (Phi) is 2.14. The summed E-state index contributed by atoms with van der Waals surface area (Å²) in [5.41, 5.74) is 2.25. The first kappa shape index (κ1) is 9.38. The first-order valence-electron chi connectivity index (χ1n) is 5.11. The number of aryl methyl sites for hydroxylation is 1. The zero-order valence-corrected chi connectivity index (χ0v) is 9.05. The summed E-state index contributed by atoms with van der Waals surface area (Å²) in [5.74, 6) is 1.01. The molecular formula is C12H17NO. The van der Waals surface area contributed by atoms with E-state index >= 15 is 0 Å². The summed E-state index contributed by atoms with van der Waals surface area (Å²) in [6.07, 6.45) is 1.03. The van der Waals surface area contributed by atoms with Crippen LogP contribution in [0.1, 0.15) is 25.8 Å². The number of hydrogen-bond donors (Lipinski definition) is 1. The average molecular weight is 191 g/mol. The van der Waals surface area contributed by atoms with E-state index in [2.05, 4.69) is 44.3 Å². The van der Waals surface area contributed by atoms with E-state index in [-0.39, 0.29) is 5.60 Å². The van der Waals surface area contributed by atoms with Crippen molar-refractivity contribution in [2.75, 3.05) is 11.9 Å². The predicted octanol–water partition coefficient (Wildman–Crippen LogP) is 2.97. The molecule has 0 aliphatic carbocycles. The van der Waals surface area contributed by atoms with Crippen molar-refractivity contribution in [2.45, 2.75) is 32.8 Å². The molecule has 2 heteroatoms. The average Bonchev–Trinajstić information content (AvgIpc) is 2.24. The summed E-state index contributed by atoms with van der Waals surface area (Å²) >= 11 is 0. The topological polar surface area (TPSA) is 21.3 Å². The van der Waals surface area contributed by atoms with E-state index in [1.54, 1.807) is 0 Å². The van der Waals surface area contributed by atoms with Gasteiger partial charge in [0.2, 0.25) is 0 Å². The van der Waals surface area contributed by atoms with Crippen LogP contribution in [0.5, 0.6) is 5.75 Å². The molecule has 0 fully saturated rings. The number of benzene rings is 1. The van der Waals surface area contributed by atoms with Gasteiger partial charge in [-0.1, -0.05) is 12.1 Å². The molecule has 0 amide bonds. The highest BCUT2D eigenvalue weighted by Crippen LogP contribution is 2.34. The fraction of sp³-hybridized carbons (Fsp3) is 0.500. The zero-order valence-electron chi connectivity index (χ0n) is 9.05. The molecule has 1 aromatic carbocycles. The minimum Gasteiger partial charge on any atom is -0.485 e. The third kappa shape index (κ3) is 1.69. The molecule has 2 rings (SSSR count). The number of fused-ring (bicyclic) bond motifs is 1. The van der Waals surface area contributed by atoms with Crippen molar-refractivity contribution in [1.29, 1.82) is 0 Å². The molecule has 2 nitrogen and oxygen atoms in total. The normalized spacial score (nSPS) is 18.8. The Morgan fingerprint density at radius 1 is 1.36 bits per heavy atom. The quantitative estimate of drug-likeness (QED) is 0.680. The van der Waals surface area contributed by atoms with Gasteiger partial charge in [0.15, 0.2) is 0 Å². The standard InChI is InChI=1S/C12H17NO/c1-9-5-4-6-10-11(9)14-12(2,3)7-8-13-10/h4-6,13H,7-8H2,1-3H3. The lowest BCUT2D eigenvalue weighted by atomic mass is 10.1. The Labute approximate surface area is 85.3 Å². The van der Waals surface area contributed by atoms with Crippen molar-refractivity contribution in [2.24, 2.45) is 0 Å². The van der Waals surface area contributed by atoms with Gasteiger partial charge < -0.3 is 10.1 Å². The molecule has 1 aliphatic heterocycles. The highest BCUT2D eigenvalue weighted by molar-refractivity contribution is 5.60. The Bertz CT molecular complexity index is 344. The van der Waals surface area contributed by atoms with Crippen LogP contribution in [-0.2, 0) is 0 Å². The van der Waals surface area contributed by atoms with Gasteiger partial charge in [-0.2, -0.15) is 0 Å². The second-order valence-corrected chi connectivity index (χ2v) is 4.49. The van der Waals surface area contributed by atoms with Gasteiger partial charge in [-0.15, -0.1) is 0 Å². The molecule has 76 valence electrons. The Morgan fingerprint density at radius 3 is 2.93 bits per heavy atom. The molecule has 0 radical (unpaired) electrons. The van der Waals surface area contributed by atoms with Crippen LogP contribution < -0.4 is 10.1 Å². The van der Waals surface area contributed by atoms with Gasteiger partial charge in [0.1, 0.15) is 11.4 Å². The van der Waals surface area contributed by atoms with Gasteiger partial charge in [0.25, 0.3) is 0 Å². The van der Waals surface area contributed by atoms with Crippen molar-refractivity contribution < 1.29 is 4.74 Å². The number of rotatable bonds is 0. The van der Waals surface area contributed by atoms with Gasteiger partial charge in [-0.3, -0.25) is 0 Å². The minimum absolute atomic E-state index is 0.0651. The zero-order chi connectivity index (χ0) is 10.2. The number of hydrogen-bond acceptors (Lipinski definition) is 2. The first-order chi connectivity index (χ1) is 6.58. The van der Waals surface area contributed by atoms with Gasteiger partial charge in [0.05, 0.1) is 5.69 Å². The molecule has 0 atom stereocenters. The lowest BCUT2D eigenvalue weighted by Gasteiger charge is -2.24. The van der Waals surface area contributed by atoms with Crippen LogP contribution in [0, 0.1) is 6.92 Å². The molecule has 1 N–H and O–H groups in total. The van der Waals surface area contributed by atoms with Gasteiger partial charge in [-0.05, 0) is 32.4 Å².